The van der Waals surface area contributed by atoms with Crippen molar-refractivity contribution in [3.63, 3.8) is 0 Å². The lowest BCUT2D eigenvalue weighted by atomic mass is 9.91. The molecule has 9 heteroatoms. The third kappa shape index (κ3) is 5.09. The molecule has 0 aliphatic carbocycles. The van der Waals surface area contributed by atoms with Crippen LogP contribution in [0.15, 0.2) is 41.7 Å². The van der Waals surface area contributed by atoms with Gasteiger partial charge in [-0.05, 0) is 56.4 Å². The summed E-state index contributed by atoms with van der Waals surface area (Å²) >= 11 is 0. The Bertz CT molecular complexity index is 1310. The lowest BCUT2D eigenvalue weighted by molar-refractivity contribution is 0.0798. The second kappa shape index (κ2) is 11.2. The van der Waals surface area contributed by atoms with E-state index in [0.717, 1.165) is 78.2 Å². The third-order valence-corrected chi connectivity index (χ3v) is 7.76. The number of carbonyl (C=O) groups is 1. The zero-order valence-electron chi connectivity index (χ0n) is 22.1. The van der Waals surface area contributed by atoms with Gasteiger partial charge in [0, 0.05) is 85.8 Å². The van der Waals surface area contributed by atoms with E-state index in [1.165, 1.54) is 0 Å². The topological polar surface area (TPSA) is 117 Å². The maximum atomic E-state index is 12.5. The highest BCUT2D eigenvalue weighted by molar-refractivity contribution is 6.09. The number of hydrogen-bond donors (Lipinski definition) is 3. The number of benzene rings is 1. The number of rotatable bonds is 4. The first kappa shape index (κ1) is 25.7. The van der Waals surface area contributed by atoms with Gasteiger partial charge in [-0.1, -0.05) is 6.07 Å². The number of amides is 2. The number of urea groups is 1. The van der Waals surface area contributed by atoms with Crippen LogP contribution in [0.5, 0.6) is 0 Å². The van der Waals surface area contributed by atoms with Crippen LogP contribution < -0.4 is 15.5 Å². The van der Waals surface area contributed by atoms with Gasteiger partial charge in [-0.25, -0.2) is 4.79 Å². The van der Waals surface area contributed by atoms with Crippen molar-refractivity contribution in [3.8, 4) is 17.2 Å². The molecule has 3 aliphatic heterocycles. The van der Waals surface area contributed by atoms with Crippen LogP contribution in [-0.4, -0.2) is 67.7 Å². The van der Waals surface area contributed by atoms with Crippen LogP contribution in [0.1, 0.15) is 42.5 Å². The summed E-state index contributed by atoms with van der Waals surface area (Å²) in [5.74, 6) is 0.392. The predicted octanol–water partition coefficient (Wildman–Crippen LogP) is 3.73. The number of ether oxygens (including phenoxy) is 1. The molecule has 2 aromatic rings. The van der Waals surface area contributed by atoms with Crippen molar-refractivity contribution in [3.05, 3.63) is 58.6 Å². The molecule has 3 aliphatic rings. The largest absolute Gasteiger partial charge is 0.385 e. The van der Waals surface area contributed by atoms with Gasteiger partial charge in [0.15, 0.2) is 0 Å². The zero-order valence-corrected chi connectivity index (χ0v) is 22.1. The molecule has 0 unspecified atom stereocenters. The number of hydrogen-bond acceptors (Lipinski definition) is 6. The SMILES string of the molecule is CNC(=O)N1CCC(NC2CCOCC2)=C(C(=N)N2CCCc3cc(-c4cccnc4C)c(C#N)cc32)C1. The van der Waals surface area contributed by atoms with Crippen LogP contribution in [0.25, 0.3) is 11.1 Å². The van der Waals surface area contributed by atoms with Crippen molar-refractivity contribution in [2.75, 3.05) is 44.8 Å². The maximum Gasteiger partial charge on any atom is 0.317 e. The number of amidine groups is 1. The number of nitrogens with zero attached hydrogens (tertiary/aromatic N) is 4. The van der Waals surface area contributed by atoms with Crippen molar-refractivity contribution < 1.29 is 9.53 Å². The highest BCUT2D eigenvalue weighted by atomic mass is 16.5. The van der Waals surface area contributed by atoms with E-state index in [1.54, 1.807) is 18.1 Å². The molecule has 0 bridgehead atoms. The van der Waals surface area contributed by atoms with Crippen molar-refractivity contribution >= 4 is 17.6 Å². The third-order valence-electron chi connectivity index (χ3n) is 7.76. The summed E-state index contributed by atoms with van der Waals surface area (Å²) in [6, 6.07) is 10.5. The van der Waals surface area contributed by atoms with Crippen LogP contribution in [-0.2, 0) is 11.2 Å². The number of pyridine rings is 1. The minimum Gasteiger partial charge on any atom is -0.385 e. The number of nitriles is 1. The summed E-state index contributed by atoms with van der Waals surface area (Å²) in [5, 5.41) is 25.9. The van der Waals surface area contributed by atoms with Gasteiger partial charge in [-0.3, -0.25) is 10.4 Å². The molecule has 4 heterocycles. The minimum atomic E-state index is -0.136. The Morgan fingerprint density at radius 2 is 2.03 bits per heavy atom. The fourth-order valence-corrected chi connectivity index (χ4v) is 5.67. The maximum absolute atomic E-state index is 12.5. The Balaban J connectivity index is 1.51. The molecule has 9 nitrogen and oxygen atoms in total. The Hall–Kier alpha value is -3.90. The van der Waals surface area contributed by atoms with E-state index < -0.39 is 0 Å². The predicted molar refractivity (Wildman–Crippen MR) is 147 cm³/mol. The van der Waals surface area contributed by atoms with Crippen LogP contribution in [0.3, 0.4) is 0 Å². The first-order chi connectivity index (χ1) is 18.5. The zero-order chi connectivity index (χ0) is 26.6. The van der Waals surface area contributed by atoms with Gasteiger partial charge >= 0.3 is 6.03 Å². The first-order valence-electron chi connectivity index (χ1n) is 13.4. The fraction of sp³-hybridized carbons (Fsp3) is 0.448. The smallest absolute Gasteiger partial charge is 0.317 e. The second-order valence-corrected chi connectivity index (χ2v) is 10.1. The van der Waals surface area contributed by atoms with Gasteiger partial charge in [0.05, 0.1) is 18.2 Å². The summed E-state index contributed by atoms with van der Waals surface area (Å²) in [6.45, 7) is 5.09. The van der Waals surface area contributed by atoms with Crippen LogP contribution in [0.4, 0.5) is 10.5 Å². The standard InChI is InChI=1S/C29H35N7O2/c1-19-23(6-3-10-33-19)24-15-20-5-4-11-36(27(20)16-21(24)17-30)28(31)25-18-35(29(37)32-2)12-7-26(25)34-22-8-13-38-14-9-22/h3,6,10,15-16,22,31,34H,4-5,7-9,11-14,18H2,1-2H3,(H,32,37). The van der Waals surface area contributed by atoms with Gasteiger partial charge in [0.2, 0.25) is 0 Å². The molecule has 0 radical (unpaired) electrons. The van der Waals surface area contributed by atoms with E-state index in [1.807, 2.05) is 30.0 Å². The summed E-state index contributed by atoms with van der Waals surface area (Å²) in [6.07, 6.45) is 6.08. The number of nitrogens with one attached hydrogen (secondary N) is 3. The van der Waals surface area contributed by atoms with Gasteiger partial charge < -0.3 is 25.2 Å². The summed E-state index contributed by atoms with van der Waals surface area (Å²) in [5.41, 5.74) is 7.20. The molecule has 198 valence electrons. The lowest BCUT2D eigenvalue weighted by Crippen LogP contribution is -2.48. The minimum absolute atomic E-state index is 0.136. The molecular weight excluding hydrogens is 478 g/mol. The van der Waals surface area contributed by atoms with E-state index >= 15 is 0 Å². The van der Waals surface area contributed by atoms with Crippen molar-refractivity contribution in [2.45, 2.75) is 45.1 Å². The van der Waals surface area contributed by atoms with E-state index in [-0.39, 0.29) is 6.03 Å². The normalized spacial score (nSPS) is 18.0. The quantitative estimate of drug-likeness (QED) is 0.424. The van der Waals surface area contributed by atoms with Gasteiger partial charge in [-0.15, -0.1) is 0 Å². The Morgan fingerprint density at radius 3 is 2.76 bits per heavy atom. The average molecular weight is 514 g/mol. The number of anilines is 1. The molecule has 5 rings (SSSR count). The number of carbonyl (C=O) groups excluding carboxylic acids is 1. The van der Waals surface area contributed by atoms with Gasteiger partial charge in [0.25, 0.3) is 0 Å². The van der Waals surface area contributed by atoms with Crippen LogP contribution in [0, 0.1) is 23.7 Å². The van der Waals surface area contributed by atoms with Crippen molar-refractivity contribution in [1.82, 2.24) is 20.5 Å². The Labute approximate surface area is 224 Å². The number of fused-ring (bicyclic) bond motifs is 1. The van der Waals surface area contributed by atoms with Gasteiger partial charge in [0.1, 0.15) is 5.84 Å². The highest BCUT2D eigenvalue weighted by Crippen LogP contribution is 2.36. The Morgan fingerprint density at radius 1 is 1.21 bits per heavy atom. The molecule has 1 fully saturated rings. The summed E-state index contributed by atoms with van der Waals surface area (Å²) in [4.78, 5) is 20.7. The van der Waals surface area contributed by atoms with Crippen LogP contribution >= 0.6 is 0 Å². The second-order valence-electron chi connectivity index (χ2n) is 10.1. The number of aromatic nitrogens is 1. The molecule has 1 saturated heterocycles. The monoisotopic (exact) mass is 513 g/mol. The van der Waals surface area contributed by atoms with E-state index in [2.05, 4.69) is 27.8 Å². The molecule has 38 heavy (non-hydrogen) atoms. The van der Waals surface area contributed by atoms with Crippen molar-refractivity contribution in [1.29, 1.82) is 10.7 Å². The van der Waals surface area contributed by atoms with Gasteiger partial charge in [-0.2, -0.15) is 5.26 Å². The fourth-order valence-electron chi connectivity index (χ4n) is 5.67. The molecular formula is C29H35N7O2. The van der Waals surface area contributed by atoms with Crippen molar-refractivity contribution in [2.24, 2.45) is 0 Å². The van der Waals surface area contributed by atoms with E-state index in [9.17, 15) is 15.5 Å². The van der Waals surface area contributed by atoms with E-state index in [4.69, 9.17) is 4.74 Å². The molecule has 0 spiro atoms. The molecule has 0 atom stereocenters. The summed E-state index contributed by atoms with van der Waals surface area (Å²) in [7, 11) is 1.64. The van der Waals surface area contributed by atoms with Crippen LogP contribution in [0.2, 0.25) is 0 Å². The molecule has 1 aromatic heterocycles. The Kier molecular flexibility index (Phi) is 7.61. The molecule has 0 saturated carbocycles. The average Bonchev–Trinajstić information content (AvgIpc) is 2.96. The highest BCUT2D eigenvalue weighted by Gasteiger charge is 2.31. The molecule has 3 N–H and O–H groups in total. The lowest BCUT2D eigenvalue weighted by Gasteiger charge is -2.38. The first-order valence-corrected chi connectivity index (χ1v) is 13.4. The number of aryl methyl sites for hydroxylation is 2. The molecule has 2 amide bonds. The van der Waals surface area contributed by atoms with E-state index in [0.29, 0.717) is 43.5 Å². The molecule has 1 aromatic carbocycles. The summed E-state index contributed by atoms with van der Waals surface area (Å²) < 4.78 is 5.53.